The van der Waals surface area contributed by atoms with E-state index in [-0.39, 0.29) is 5.91 Å². The number of nitrogens with one attached hydrogen (secondary N) is 1. The zero-order chi connectivity index (χ0) is 14.8. The van der Waals surface area contributed by atoms with Gasteiger partial charge in [0.25, 0.3) is 0 Å². The number of methoxy groups -OCH3 is 1. The molecule has 4 nitrogen and oxygen atoms in total. The lowest BCUT2D eigenvalue weighted by atomic mass is 10.0. The summed E-state index contributed by atoms with van der Waals surface area (Å²) in [5.74, 6) is 0.870. The molecule has 0 spiro atoms. The SMILES string of the molecule is COc1cccc(Sc2cc3c(cc2N)CCC(=O)N3)c1. The summed E-state index contributed by atoms with van der Waals surface area (Å²) < 4.78 is 5.23. The van der Waals surface area contributed by atoms with Crippen LogP contribution in [0.15, 0.2) is 46.2 Å². The van der Waals surface area contributed by atoms with Crippen LogP contribution in [0.25, 0.3) is 0 Å². The Labute approximate surface area is 127 Å². The number of fused-ring (bicyclic) bond motifs is 1. The lowest BCUT2D eigenvalue weighted by Crippen LogP contribution is -2.19. The Hall–Kier alpha value is -2.14. The second kappa shape index (κ2) is 5.69. The molecule has 0 saturated heterocycles. The molecule has 1 aliphatic heterocycles. The molecule has 0 atom stereocenters. The number of nitrogens with two attached hydrogens (primary N) is 1. The average molecular weight is 300 g/mol. The largest absolute Gasteiger partial charge is 0.497 e. The molecular weight excluding hydrogens is 284 g/mol. The first-order valence-electron chi connectivity index (χ1n) is 6.70. The lowest BCUT2D eigenvalue weighted by Gasteiger charge is -2.19. The van der Waals surface area contributed by atoms with Crippen LogP contribution in [0.3, 0.4) is 0 Å². The standard InChI is InChI=1S/C16H16N2O2S/c1-20-11-3-2-4-12(8-11)21-15-9-14-10(7-13(15)17)5-6-16(19)18-14/h2-4,7-9H,5-6,17H2,1H3,(H,18,19). The average Bonchev–Trinajstić information content (AvgIpc) is 2.49. The monoisotopic (exact) mass is 300 g/mol. The van der Waals surface area contributed by atoms with Crippen molar-refractivity contribution in [2.24, 2.45) is 0 Å². The van der Waals surface area contributed by atoms with Gasteiger partial charge in [-0.25, -0.2) is 0 Å². The van der Waals surface area contributed by atoms with E-state index in [4.69, 9.17) is 10.5 Å². The Morgan fingerprint density at radius 1 is 1.24 bits per heavy atom. The summed E-state index contributed by atoms with van der Waals surface area (Å²) in [5.41, 5.74) is 8.83. The van der Waals surface area contributed by atoms with Gasteiger partial charge in [0, 0.05) is 27.6 Å². The number of hydrogen-bond acceptors (Lipinski definition) is 4. The summed E-state index contributed by atoms with van der Waals surface area (Å²) in [5, 5.41) is 2.90. The third-order valence-electron chi connectivity index (χ3n) is 3.40. The van der Waals surface area contributed by atoms with Gasteiger partial charge in [-0.1, -0.05) is 17.8 Å². The van der Waals surface area contributed by atoms with E-state index < -0.39 is 0 Å². The zero-order valence-corrected chi connectivity index (χ0v) is 12.5. The molecule has 1 heterocycles. The Balaban J connectivity index is 1.91. The molecule has 0 radical (unpaired) electrons. The van der Waals surface area contributed by atoms with E-state index in [9.17, 15) is 4.79 Å². The predicted molar refractivity (Wildman–Crippen MR) is 84.9 cm³/mol. The quantitative estimate of drug-likeness (QED) is 0.854. The Bertz CT molecular complexity index is 701. The normalized spacial score (nSPS) is 13.5. The molecule has 3 N–H and O–H groups in total. The first-order valence-corrected chi connectivity index (χ1v) is 7.51. The second-order valence-corrected chi connectivity index (χ2v) is 5.99. The number of benzene rings is 2. The van der Waals surface area contributed by atoms with Crippen molar-refractivity contribution < 1.29 is 9.53 Å². The number of rotatable bonds is 3. The fraction of sp³-hybridized carbons (Fsp3) is 0.188. The Morgan fingerprint density at radius 3 is 2.90 bits per heavy atom. The van der Waals surface area contributed by atoms with E-state index in [0.29, 0.717) is 6.42 Å². The minimum Gasteiger partial charge on any atom is -0.497 e. The number of nitrogen functional groups attached to an aromatic ring is 1. The van der Waals surface area contributed by atoms with Crippen LogP contribution in [-0.4, -0.2) is 13.0 Å². The van der Waals surface area contributed by atoms with Gasteiger partial charge >= 0.3 is 0 Å². The van der Waals surface area contributed by atoms with E-state index in [1.165, 1.54) is 0 Å². The third kappa shape index (κ3) is 2.97. The number of aryl methyl sites for hydroxylation is 1. The van der Waals surface area contributed by atoms with Crippen LogP contribution in [0.5, 0.6) is 5.75 Å². The van der Waals surface area contributed by atoms with Crippen LogP contribution < -0.4 is 15.8 Å². The highest BCUT2D eigenvalue weighted by atomic mass is 32.2. The molecule has 0 aromatic heterocycles. The van der Waals surface area contributed by atoms with Crippen LogP contribution in [0, 0.1) is 0 Å². The number of anilines is 2. The minimum atomic E-state index is 0.0598. The van der Waals surface area contributed by atoms with Crippen LogP contribution in [0.2, 0.25) is 0 Å². The number of carbonyl (C=O) groups is 1. The molecule has 1 aliphatic rings. The molecule has 0 aliphatic carbocycles. The maximum absolute atomic E-state index is 11.5. The van der Waals surface area contributed by atoms with Gasteiger partial charge in [-0.15, -0.1) is 0 Å². The summed E-state index contributed by atoms with van der Waals surface area (Å²) in [4.78, 5) is 13.5. The fourth-order valence-electron chi connectivity index (χ4n) is 2.31. The van der Waals surface area contributed by atoms with E-state index in [1.54, 1.807) is 18.9 Å². The van der Waals surface area contributed by atoms with Crippen molar-refractivity contribution in [1.29, 1.82) is 0 Å². The van der Waals surface area contributed by atoms with E-state index in [1.807, 2.05) is 36.4 Å². The highest BCUT2D eigenvalue weighted by Gasteiger charge is 2.17. The highest BCUT2D eigenvalue weighted by molar-refractivity contribution is 7.99. The minimum absolute atomic E-state index is 0.0598. The topological polar surface area (TPSA) is 64.3 Å². The molecule has 0 unspecified atom stereocenters. The predicted octanol–water partition coefficient (Wildman–Crippen LogP) is 3.31. The highest BCUT2D eigenvalue weighted by Crippen LogP contribution is 2.38. The summed E-state index contributed by atoms with van der Waals surface area (Å²) >= 11 is 1.56. The first kappa shape index (κ1) is 13.8. The number of carbonyl (C=O) groups excluding carboxylic acids is 1. The molecule has 2 aromatic rings. The van der Waals surface area contributed by atoms with Gasteiger partial charge in [-0.05, 0) is 42.3 Å². The molecule has 5 heteroatoms. The van der Waals surface area contributed by atoms with Crippen LogP contribution in [0.1, 0.15) is 12.0 Å². The third-order valence-corrected chi connectivity index (χ3v) is 4.46. The fourth-order valence-corrected chi connectivity index (χ4v) is 3.24. The second-order valence-electron chi connectivity index (χ2n) is 4.88. The molecule has 0 bridgehead atoms. The van der Waals surface area contributed by atoms with Crippen molar-refractivity contribution in [2.75, 3.05) is 18.2 Å². The Morgan fingerprint density at radius 2 is 2.10 bits per heavy atom. The van der Waals surface area contributed by atoms with Crippen molar-refractivity contribution in [2.45, 2.75) is 22.6 Å². The van der Waals surface area contributed by atoms with Gasteiger partial charge in [0.1, 0.15) is 5.75 Å². The van der Waals surface area contributed by atoms with E-state index >= 15 is 0 Å². The summed E-state index contributed by atoms with van der Waals surface area (Å²) in [6.45, 7) is 0. The zero-order valence-electron chi connectivity index (χ0n) is 11.7. The molecule has 21 heavy (non-hydrogen) atoms. The van der Waals surface area contributed by atoms with E-state index in [2.05, 4.69) is 5.32 Å². The summed E-state index contributed by atoms with van der Waals surface area (Å²) in [6, 6.07) is 11.7. The maximum atomic E-state index is 11.5. The van der Waals surface area contributed by atoms with Crippen molar-refractivity contribution in [3.05, 3.63) is 42.0 Å². The molecule has 0 fully saturated rings. The van der Waals surface area contributed by atoms with Crippen molar-refractivity contribution in [3.8, 4) is 5.75 Å². The summed E-state index contributed by atoms with van der Waals surface area (Å²) in [6.07, 6.45) is 1.27. The Kier molecular flexibility index (Phi) is 3.75. The van der Waals surface area contributed by atoms with Gasteiger partial charge in [-0.2, -0.15) is 0 Å². The number of amides is 1. The van der Waals surface area contributed by atoms with Gasteiger partial charge in [-0.3, -0.25) is 4.79 Å². The smallest absolute Gasteiger partial charge is 0.224 e. The van der Waals surface area contributed by atoms with Gasteiger partial charge in [0.2, 0.25) is 5.91 Å². The molecule has 1 amide bonds. The van der Waals surface area contributed by atoms with Crippen molar-refractivity contribution in [1.82, 2.24) is 0 Å². The molecule has 3 rings (SSSR count). The van der Waals surface area contributed by atoms with Crippen molar-refractivity contribution >= 4 is 29.0 Å². The van der Waals surface area contributed by atoms with Gasteiger partial charge in [0.15, 0.2) is 0 Å². The van der Waals surface area contributed by atoms with Gasteiger partial charge < -0.3 is 15.8 Å². The van der Waals surface area contributed by atoms with E-state index in [0.717, 1.165) is 38.9 Å². The summed E-state index contributed by atoms with van der Waals surface area (Å²) in [7, 11) is 1.65. The molecule has 2 aromatic carbocycles. The molecule has 108 valence electrons. The van der Waals surface area contributed by atoms with Crippen LogP contribution >= 0.6 is 11.8 Å². The molecule has 0 saturated carbocycles. The van der Waals surface area contributed by atoms with Gasteiger partial charge in [0.05, 0.1) is 7.11 Å². The first-order chi connectivity index (χ1) is 10.2. The number of hydrogen-bond donors (Lipinski definition) is 2. The van der Waals surface area contributed by atoms with Crippen molar-refractivity contribution in [3.63, 3.8) is 0 Å². The van der Waals surface area contributed by atoms with Crippen LogP contribution in [-0.2, 0) is 11.2 Å². The lowest BCUT2D eigenvalue weighted by molar-refractivity contribution is -0.116. The maximum Gasteiger partial charge on any atom is 0.224 e. The molecular formula is C16H16N2O2S. The number of ether oxygens (including phenoxy) is 1. The van der Waals surface area contributed by atoms with Crippen LogP contribution in [0.4, 0.5) is 11.4 Å².